The molecule has 2 N–H and O–H groups in total. The molecule has 2 nitrogen and oxygen atoms in total. The molecule has 4 rings (SSSR count). The van der Waals surface area contributed by atoms with E-state index in [0.717, 1.165) is 25.2 Å². The highest BCUT2D eigenvalue weighted by atomic mass is 35.5. The highest BCUT2D eigenvalue weighted by molar-refractivity contribution is 6.31. The lowest BCUT2D eigenvalue weighted by Crippen LogP contribution is -3.22. The summed E-state index contributed by atoms with van der Waals surface area (Å²) in [5.74, 6) is -0.660. The minimum Gasteiger partial charge on any atom is -0.273 e. The minimum absolute atomic E-state index is 0.0478. The van der Waals surface area contributed by atoms with Crippen LogP contribution in [0.1, 0.15) is 28.4 Å². The number of benzene rings is 3. The van der Waals surface area contributed by atoms with Gasteiger partial charge in [-0.3, -0.25) is 9.80 Å². The number of aryl methyl sites for hydroxylation is 1. The maximum Gasteiger partial charge on any atom is 0.242 e. The summed E-state index contributed by atoms with van der Waals surface area (Å²) in [6, 6.07) is 17.6. The van der Waals surface area contributed by atoms with E-state index in [9.17, 15) is 8.78 Å². The van der Waals surface area contributed by atoms with Gasteiger partial charge in [0.05, 0.1) is 21.2 Å². The van der Waals surface area contributed by atoms with Crippen LogP contribution in [-0.2, 0) is 13.1 Å². The highest BCUT2D eigenvalue weighted by Crippen LogP contribution is 2.23. The zero-order valence-electron chi connectivity index (χ0n) is 16.7. The van der Waals surface area contributed by atoms with Gasteiger partial charge in [-0.15, -0.1) is 0 Å². The van der Waals surface area contributed by atoms with Crippen LogP contribution in [0.4, 0.5) is 8.78 Å². The zero-order chi connectivity index (χ0) is 21.3. The van der Waals surface area contributed by atoms with Gasteiger partial charge < -0.3 is 0 Å². The van der Waals surface area contributed by atoms with Gasteiger partial charge in [0.2, 0.25) is 6.17 Å². The van der Waals surface area contributed by atoms with Gasteiger partial charge in [0.25, 0.3) is 0 Å². The van der Waals surface area contributed by atoms with E-state index < -0.39 is 0 Å². The fourth-order valence-electron chi connectivity index (χ4n) is 4.44. The molecule has 30 heavy (non-hydrogen) atoms. The van der Waals surface area contributed by atoms with Crippen LogP contribution in [0, 0.1) is 18.6 Å². The Kier molecular flexibility index (Phi) is 6.40. The molecule has 3 aromatic carbocycles. The Bertz CT molecular complexity index is 1040. The van der Waals surface area contributed by atoms with Gasteiger partial charge in [0, 0.05) is 5.56 Å². The largest absolute Gasteiger partial charge is 0.273 e. The molecule has 0 aromatic heterocycles. The first-order valence-electron chi connectivity index (χ1n) is 10.1. The number of rotatable bonds is 5. The molecule has 3 atom stereocenters. The van der Waals surface area contributed by atoms with Crippen LogP contribution >= 0.6 is 23.2 Å². The lowest BCUT2D eigenvalue weighted by atomic mass is 10.1. The molecule has 156 valence electrons. The van der Waals surface area contributed by atoms with E-state index in [4.69, 9.17) is 23.2 Å². The summed E-state index contributed by atoms with van der Waals surface area (Å²) >= 11 is 12.8. The van der Waals surface area contributed by atoms with Crippen molar-refractivity contribution < 1.29 is 18.6 Å². The maximum absolute atomic E-state index is 14.5. The van der Waals surface area contributed by atoms with E-state index in [0.29, 0.717) is 22.2 Å². The normalized spacial score (nSPS) is 21.2. The lowest BCUT2D eigenvalue weighted by molar-refractivity contribution is -1.09. The number of hydrogen-bond donors (Lipinski definition) is 2. The van der Waals surface area contributed by atoms with E-state index in [1.807, 2.05) is 12.1 Å². The summed E-state index contributed by atoms with van der Waals surface area (Å²) in [7, 11) is 0. The van der Waals surface area contributed by atoms with E-state index in [1.54, 1.807) is 18.2 Å². The molecule has 1 aliphatic rings. The van der Waals surface area contributed by atoms with E-state index in [-0.39, 0.29) is 17.8 Å². The summed E-state index contributed by atoms with van der Waals surface area (Å²) in [4.78, 5) is 2.49. The third-order valence-electron chi connectivity index (χ3n) is 6.00. The van der Waals surface area contributed by atoms with Crippen molar-refractivity contribution in [3.05, 3.63) is 105 Å². The quantitative estimate of drug-likeness (QED) is 0.587. The van der Waals surface area contributed by atoms with E-state index in [1.165, 1.54) is 39.1 Å². The van der Waals surface area contributed by atoms with Gasteiger partial charge >= 0.3 is 0 Å². The topological polar surface area (TPSA) is 8.88 Å². The average molecular weight is 449 g/mol. The molecule has 1 saturated heterocycles. The van der Waals surface area contributed by atoms with Crippen molar-refractivity contribution in [1.82, 2.24) is 0 Å². The van der Waals surface area contributed by atoms with Crippen molar-refractivity contribution >= 4 is 23.2 Å². The molecular formula is C24H24Cl2F2N2+2. The van der Waals surface area contributed by atoms with Gasteiger partial charge in [0.1, 0.15) is 37.8 Å². The monoisotopic (exact) mass is 448 g/mol. The van der Waals surface area contributed by atoms with Gasteiger partial charge in [-0.2, -0.15) is 0 Å². The van der Waals surface area contributed by atoms with E-state index >= 15 is 0 Å². The summed E-state index contributed by atoms with van der Waals surface area (Å²) < 4.78 is 28.2. The van der Waals surface area contributed by atoms with E-state index in [2.05, 4.69) is 19.1 Å². The zero-order valence-corrected chi connectivity index (χ0v) is 18.2. The fraction of sp³-hybridized carbons (Fsp3) is 0.250. The Labute approximate surface area is 185 Å². The second kappa shape index (κ2) is 9.03. The maximum atomic E-state index is 14.5. The molecule has 0 saturated carbocycles. The highest BCUT2D eigenvalue weighted by Gasteiger charge is 2.42. The van der Waals surface area contributed by atoms with Gasteiger partial charge in [0.15, 0.2) is 0 Å². The van der Waals surface area contributed by atoms with Crippen molar-refractivity contribution in [2.24, 2.45) is 0 Å². The number of quaternary nitrogens is 2. The van der Waals surface area contributed by atoms with Crippen molar-refractivity contribution in [3.8, 4) is 0 Å². The Balaban J connectivity index is 1.70. The Morgan fingerprint density at radius 3 is 2.30 bits per heavy atom. The molecule has 0 spiro atoms. The SMILES string of the molecule is Cc1ccccc1C[NH+]1CC[NH+](Cc2c(F)cccc2Cl)C1c1ccc(F)cc1Cl. The van der Waals surface area contributed by atoms with Gasteiger partial charge in [-0.1, -0.05) is 53.5 Å². The summed E-state index contributed by atoms with van der Waals surface area (Å²) in [5, 5.41) is 0.833. The Morgan fingerprint density at radius 2 is 1.60 bits per heavy atom. The van der Waals surface area contributed by atoms with Crippen LogP contribution in [0.25, 0.3) is 0 Å². The van der Waals surface area contributed by atoms with Gasteiger partial charge in [-0.25, -0.2) is 8.78 Å². The summed E-state index contributed by atoms with van der Waals surface area (Å²) in [6.45, 7) is 5.10. The number of halogens is 4. The molecule has 3 aromatic rings. The van der Waals surface area contributed by atoms with Crippen LogP contribution < -0.4 is 9.80 Å². The van der Waals surface area contributed by atoms with Crippen LogP contribution in [-0.4, -0.2) is 13.1 Å². The first-order valence-corrected chi connectivity index (χ1v) is 10.8. The Hall–Kier alpha value is -1.98. The predicted molar refractivity (Wildman–Crippen MR) is 116 cm³/mol. The standard InChI is InChI=1S/C24H22Cl2F2N2/c1-16-5-2-3-6-17(16)14-29-11-12-30(15-20-21(25)7-4-8-23(20)28)24(29)19-10-9-18(27)13-22(19)26/h2-10,13,24H,11-12,14-15H2,1H3/p+2. The van der Waals surface area contributed by atoms with Gasteiger partial charge in [-0.05, 0) is 42.8 Å². The molecule has 0 amide bonds. The molecule has 0 aliphatic carbocycles. The first kappa shape index (κ1) is 21.3. The Morgan fingerprint density at radius 1 is 0.867 bits per heavy atom. The molecule has 6 heteroatoms. The van der Waals surface area contributed by atoms with Crippen LogP contribution in [0.5, 0.6) is 0 Å². The molecule has 0 bridgehead atoms. The third kappa shape index (κ3) is 4.37. The lowest BCUT2D eigenvalue weighted by Gasteiger charge is -2.26. The molecule has 1 aliphatic heterocycles. The number of nitrogens with one attached hydrogen (secondary N) is 2. The molecule has 1 fully saturated rings. The molecule has 1 heterocycles. The van der Waals surface area contributed by atoms with Crippen LogP contribution in [0.3, 0.4) is 0 Å². The van der Waals surface area contributed by atoms with Crippen molar-refractivity contribution in [3.63, 3.8) is 0 Å². The minimum atomic E-state index is -0.360. The molecule has 3 unspecified atom stereocenters. The van der Waals surface area contributed by atoms with Crippen molar-refractivity contribution in [2.75, 3.05) is 13.1 Å². The average Bonchev–Trinajstić information content (AvgIpc) is 3.09. The second-order valence-electron chi connectivity index (χ2n) is 7.90. The third-order valence-corrected chi connectivity index (χ3v) is 6.68. The second-order valence-corrected chi connectivity index (χ2v) is 8.71. The first-order chi connectivity index (χ1) is 14.4. The number of hydrogen-bond acceptors (Lipinski definition) is 0. The fourth-order valence-corrected chi connectivity index (χ4v) is 4.94. The molecule has 0 radical (unpaired) electrons. The van der Waals surface area contributed by atoms with Crippen LogP contribution in [0.2, 0.25) is 10.0 Å². The predicted octanol–water partition coefficient (Wildman–Crippen LogP) is 3.76. The van der Waals surface area contributed by atoms with Crippen molar-refractivity contribution in [1.29, 1.82) is 0 Å². The summed E-state index contributed by atoms with van der Waals surface area (Å²) in [5.41, 5.74) is 3.89. The van der Waals surface area contributed by atoms with Crippen molar-refractivity contribution in [2.45, 2.75) is 26.2 Å². The smallest absolute Gasteiger partial charge is 0.242 e. The van der Waals surface area contributed by atoms with Crippen LogP contribution in [0.15, 0.2) is 60.7 Å². The molecular weight excluding hydrogens is 425 g/mol. The summed E-state index contributed by atoms with van der Waals surface area (Å²) in [6.07, 6.45) is -0.0478.